The van der Waals surface area contributed by atoms with Gasteiger partial charge in [-0.3, -0.25) is 4.79 Å². The average molecular weight is 205 g/mol. The molecule has 1 rings (SSSR count). The zero-order valence-corrected chi connectivity index (χ0v) is 7.13. The summed E-state index contributed by atoms with van der Waals surface area (Å²) in [5.41, 5.74) is -1.19. The zero-order chi connectivity index (χ0) is 10.7. The number of carbonyl (C=O) groups excluding carboxylic acids is 1. The van der Waals surface area contributed by atoms with Crippen molar-refractivity contribution in [3.05, 3.63) is 23.3 Å². The summed E-state index contributed by atoms with van der Waals surface area (Å²) in [4.78, 5) is 13.4. The minimum Gasteiger partial charge on any atom is -0.495 e. The van der Waals surface area contributed by atoms with E-state index < -0.39 is 23.7 Å². The molecular weight excluding hydrogens is 199 g/mol. The summed E-state index contributed by atoms with van der Waals surface area (Å²) < 4.78 is 42.0. The van der Waals surface area contributed by atoms with E-state index in [-0.39, 0.29) is 11.8 Å². The largest absolute Gasteiger partial charge is 0.495 e. The molecule has 0 fully saturated rings. The maximum absolute atomic E-state index is 12.8. The number of hydrogen-bond donors (Lipinski definition) is 0. The molecule has 0 radical (unpaired) electrons. The smallest absolute Gasteiger partial charge is 0.271 e. The van der Waals surface area contributed by atoms with E-state index in [0.717, 1.165) is 13.3 Å². The molecule has 0 spiro atoms. The SMILES string of the molecule is COc1c(C=O)cnc(F)c1C(F)F. The van der Waals surface area contributed by atoms with E-state index in [1.54, 1.807) is 0 Å². The molecule has 3 nitrogen and oxygen atoms in total. The highest BCUT2D eigenvalue weighted by atomic mass is 19.3. The number of ether oxygens (including phenoxy) is 1. The first kappa shape index (κ1) is 10.5. The molecule has 0 saturated carbocycles. The van der Waals surface area contributed by atoms with Crippen LogP contribution in [-0.2, 0) is 0 Å². The molecule has 0 aromatic carbocycles. The number of alkyl halides is 2. The van der Waals surface area contributed by atoms with Crippen molar-refractivity contribution in [2.24, 2.45) is 0 Å². The fourth-order valence-corrected chi connectivity index (χ4v) is 1.00. The summed E-state index contributed by atoms with van der Waals surface area (Å²) in [5, 5.41) is 0. The van der Waals surface area contributed by atoms with Crippen LogP contribution in [0.25, 0.3) is 0 Å². The van der Waals surface area contributed by atoms with Crippen LogP contribution in [-0.4, -0.2) is 18.4 Å². The fraction of sp³-hybridized carbons (Fsp3) is 0.250. The molecule has 6 heteroatoms. The topological polar surface area (TPSA) is 39.2 Å². The van der Waals surface area contributed by atoms with Gasteiger partial charge in [-0.1, -0.05) is 0 Å². The molecule has 0 aliphatic heterocycles. The van der Waals surface area contributed by atoms with Gasteiger partial charge in [-0.2, -0.15) is 4.39 Å². The van der Waals surface area contributed by atoms with Gasteiger partial charge in [0.1, 0.15) is 11.3 Å². The molecule has 1 aromatic rings. The summed E-state index contributed by atoms with van der Waals surface area (Å²) >= 11 is 0. The standard InChI is InChI=1S/C8H6F3NO2/c1-14-6-4(3-13)2-12-8(11)5(6)7(9)10/h2-3,7H,1H3. The van der Waals surface area contributed by atoms with Gasteiger partial charge in [-0.25, -0.2) is 13.8 Å². The molecule has 14 heavy (non-hydrogen) atoms. The van der Waals surface area contributed by atoms with E-state index in [1.165, 1.54) is 0 Å². The van der Waals surface area contributed by atoms with Crippen LogP contribution in [0.15, 0.2) is 6.20 Å². The number of rotatable bonds is 3. The van der Waals surface area contributed by atoms with Crippen molar-refractivity contribution in [2.75, 3.05) is 7.11 Å². The number of hydrogen-bond acceptors (Lipinski definition) is 3. The fourth-order valence-electron chi connectivity index (χ4n) is 1.00. The Labute approximate surface area is 77.5 Å². The molecule has 0 unspecified atom stereocenters. The van der Waals surface area contributed by atoms with Gasteiger partial charge in [0.2, 0.25) is 5.95 Å². The molecule has 0 aliphatic carbocycles. The molecule has 0 saturated heterocycles. The highest BCUT2D eigenvalue weighted by Gasteiger charge is 2.23. The predicted molar refractivity (Wildman–Crippen MR) is 41.1 cm³/mol. The summed E-state index contributed by atoms with van der Waals surface area (Å²) in [7, 11) is 1.08. The third-order valence-electron chi connectivity index (χ3n) is 1.60. The summed E-state index contributed by atoms with van der Waals surface area (Å²) in [5.74, 6) is -1.80. The lowest BCUT2D eigenvalue weighted by Crippen LogP contribution is -2.03. The molecular formula is C8H6F3NO2. The van der Waals surface area contributed by atoms with E-state index in [4.69, 9.17) is 0 Å². The maximum atomic E-state index is 12.8. The van der Waals surface area contributed by atoms with Crippen molar-refractivity contribution >= 4 is 6.29 Å². The Morgan fingerprint density at radius 2 is 2.21 bits per heavy atom. The highest BCUT2D eigenvalue weighted by molar-refractivity contribution is 5.79. The number of halogens is 3. The van der Waals surface area contributed by atoms with Gasteiger partial charge >= 0.3 is 0 Å². The first-order valence-corrected chi connectivity index (χ1v) is 3.57. The maximum Gasteiger partial charge on any atom is 0.271 e. The second-order valence-electron chi connectivity index (χ2n) is 2.37. The van der Waals surface area contributed by atoms with Gasteiger partial charge in [-0.05, 0) is 0 Å². The van der Waals surface area contributed by atoms with Crippen LogP contribution in [0.4, 0.5) is 13.2 Å². The quantitative estimate of drug-likeness (QED) is 0.559. The third-order valence-corrected chi connectivity index (χ3v) is 1.60. The summed E-state index contributed by atoms with van der Waals surface area (Å²) in [6.07, 6.45) is -1.96. The second-order valence-corrected chi connectivity index (χ2v) is 2.37. The van der Waals surface area contributed by atoms with E-state index in [1.807, 2.05) is 0 Å². The Balaban J connectivity index is 3.42. The third kappa shape index (κ3) is 1.68. The van der Waals surface area contributed by atoms with Crippen LogP contribution in [0.5, 0.6) is 5.75 Å². The van der Waals surface area contributed by atoms with E-state index >= 15 is 0 Å². The number of nitrogens with zero attached hydrogens (tertiary/aromatic N) is 1. The van der Waals surface area contributed by atoms with E-state index in [2.05, 4.69) is 9.72 Å². The van der Waals surface area contributed by atoms with E-state index in [9.17, 15) is 18.0 Å². The molecule has 1 heterocycles. The molecule has 0 bridgehead atoms. The van der Waals surface area contributed by atoms with Crippen LogP contribution in [0.1, 0.15) is 22.3 Å². The van der Waals surface area contributed by atoms with Crippen molar-refractivity contribution in [1.82, 2.24) is 4.98 Å². The monoisotopic (exact) mass is 205 g/mol. The van der Waals surface area contributed by atoms with Gasteiger partial charge in [-0.15, -0.1) is 0 Å². The van der Waals surface area contributed by atoms with Gasteiger partial charge in [0.15, 0.2) is 6.29 Å². The van der Waals surface area contributed by atoms with Crippen molar-refractivity contribution in [3.8, 4) is 5.75 Å². The van der Waals surface area contributed by atoms with Gasteiger partial charge in [0.05, 0.1) is 12.7 Å². The predicted octanol–water partition coefficient (Wildman–Crippen LogP) is 1.98. The number of pyridine rings is 1. The lowest BCUT2D eigenvalue weighted by Gasteiger charge is -2.09. The minimum absolute atomic E-state index is 0.204. The Morgan fingerprint density at radius 1 is 1.57 bits per heavy atom. The zero-order valence-electron chi connectivity index (χ0n) is 7.13. The molecule has 76 valence electrons. The Morgan fingerprint density at radius 3 is 2.64 bits per heavy atom. The second kappa shape index (κ2) is 4.08. The van der Waals surface area contributed by atoms with Crippen molar-refractivity contribution in [2.45, 2.75) is 6.43 Å². The van der Waals surface area contributed by atoms with Crippen molar-refractivity contribution in [1.29, 1.82) is 0 Å². The van der Waals surface area contributed by atoms with Crippen molar-refractivity contribution < 1.29 is 22.7 Å². The number of methoxy groups -OCH3 is 1. The van der Waals surface area contributed by atoms with Crippen LogP contribution in [0.3, 0.4) is 0 Å². The summed E-state index contributed by atoms with van der Waals surface area (Å²) in [6, 6.07) is 0. The van der Waals surface area contributed by atoms with Crippen LogP contribution in [0.2, 0.25) is 0 Å². The molecule has 0 atom stereocenters. The van der Waals surface area contributed by atoms with Crippen LogP contribution >= 0.6 is 0 Å². The first-order chi connectivity index (χ1) is 6.61. The molecule has 0 amide bonds. The number of aromatic nitrogens is 1. The number of carbonyl (C=O) groups is 1. The Bertz CT molecular complexity index is 355. The molecule has 1 aromatic heterocycles. The average Bonchev–Trinajstić information content (AvgIpc) is 2.16. The van der Waals surface area contributed by atoms with Crippen LogP contribution < -0.4 is 4.74 Å². The lowest BCUT2D eigenvalue weighted by atomic mass is 10.2. The van der Waals surface area contributed by atoms with Gasteiger partial charge < -0.3 is 4.74 Å². The first-order valence-electron chi connectivity index (χ1n) is 3.57. The molecule has 0 aliphatic rings. The van der Waals surface area contributed by atoms with Crippen LogP contribution in [0, 0.1) is 5.95 Å². The Hall–Kier alpha value is -1.59. The van der Waals surface area contributed by atoms with Gasteiger partial charge in [0.25, 0.3) is 6.43 Å². The van der Waals surface area contributed by atoms with Gasteiger partial charge in [0, 0.05) is 6.20 Å². The number of aldehydes is 1. The summed E-state index contributed by atoms with van der Waals surface area (Å²) in [6.45, 7) is 0. The highest BCUT2D eigenvalue weighted by Crippen LogP contribution is 2.32. The van der Waals surface area contributed by atoms with E-state index in [0.29, 0.717) is 0 Å². The normalized spacial score (nSPS) is 10.4. The Kier molecular flexibility index (Phi) is 3.06. The minimum atomic E-state index is -3.07. The van der Waals surface area contributed by atoms with Crippen molar-refractivity contribution in [3.63, 3.8) is 0 Å². The lowest BCUT2D eigenvalue weighted by molar-refractivity contribution is 0.111. The molecule has 0 N–H and O–H groups in total.